The van der Waals surface area contributed by atoms with E-state index >= 15 is 0 Å². The molecule has 2 aromatic rings. The number of hydrogen-bond acceptors (Lipinski definition) is 2. The third-order valence-electron chi connectivity index (χ3n) is 5.32. The Balaban J connectivity index is 1.57. The molecule has 0 heterocycles. The number of fused-ring (bicyclic) bond motifs is 1. The maximum atomic E-state index is 12.4. The molecule has 0 aliphatic heterocycles. The summed E-state index contributed by atoms with van der Waals surface area (Å²) in [5.74, 6) is 0.960. The lowest BCUT2D eigenvalue weighted by Gasteiger charge is -2.21. The smallest absolute Gasteiger partial charge is 0.220 e. The molecule has 26 heavy (non-hydrogen) atoms. The highest BCUT2D eigenvalue weighted by atomic mass is 16.5. The first kappa shape index (κ1) is 18.5. The molecule has 0 bridgehead atoms. The van der Waals surface area contributed by atoms with Crippen molar-refractivity contribution in [1.29, 1.82) is 0 Å². The third kappa shape index (κ3) is 4.66. The van der Waals surface area contributed by atoms with Gasteiger partial charge in [-0.15, -0.1) is 0 Å². The summed E-state index contributed by atoms with van der Waals surface area (Å²) in [6.45, 7) is 2.13. The summed E-state index contributed by atoms with van der Waals surface area (Å²) >= 11 is 0. The van der Waals surface area contributed by atoms with Gasteiger partial charge < -0.3 is 10.1 Å². The minimum Gasteiger partial charge on any atom is -0.497 e. The van der Waals surface area contributed by atoms with Crippen LogP contribution in [0.3, 0.4) is 0 Å². The highest BCUT2D eigenvalue weighted by molar-refractivity contribution is 5.76. The van der Waals surface area contributed by atoms with E-state index in [4.69, 9.17) is 4.74 Å². The number of nitrogens with one attached hydrogen (secondary N) is 1. The van der Waals surface area contributed by atoms with Gasteiger partial charge in [-0.05, 0) is 72.9 Å². The van der Waals surface area contributed by atoms with E-state index in [2.05, 4.69) is 30.4 Å². The van der Waals surface area contributed by atoms with E-state index < -0.39 is 0 Å². The average Bonchev–Trinajstić information content (AvgIpc) is 2.70. The Kier molecular flexibility index (Phi) is 6.32. The summed E-state index contributed by atoms with van der Waals surface area (Å²) in [5, 5.41) is 3.22. The van der Waals surface area contributed by atoms with E-state index in [-0.39, 0.29) is 11.9 Å². The van der Waals surface area contributed by atoms with Crippen molar-refractivity contribution < 1.29 is 9.53 Å². The highest BCUT2D eigenvalue weighted by Crippen LogP contribution is 2.26. The van der Waals surface area contributed by atoms with Crippen molar-refractivity contribution in [3.05, 3.63) is 64.7 Å². The molecule has 2 aromatic carbocycles. The first-order valence-electron chi connectivity index (χ1n) is 9.73. The fourth-order valence-corrected chi connectivity index (χ4v) is 3.71. The van der Waals surface area contributed by atoms with E-state index in [1.165, 1.54) is 42.4 Å². The van der Waals surface area contributed by atoms with Gasteiger partial charge in [0.15, 0.2) is 0 Å². The molecule has 1 amide bonds. The lowest BCUT2D eigenvalue weighted by Crippen LogP contribution is -2.28. The van der Waals surface area contributed by atoms with Gasteiger partial charge in [-0.3, -0.25) is 4.79 Å². The van der Waals surface area contributed by atoms with Crippen LogP contribution in [0.4, 0.5) is 0 Å². The number of rotatable bonds is 7. The molecule has 138 valence electrons. The van der Waals surface area contributed by atoms with E-state index in [1.807, 2.05) is 24.3 Å². The van der Waals surface area contributed by atoms with Crippen LogP contribution in [0.2, 0.25) is 0 Å². The Bertz CT molecular complexity index is 736. The van der Waals surface area contributed by atoms with Gasteiger partial charge in [0.1, 0.15) is 5.75 Å². The molecular weight excluding hydrogens is 322 g/mol. The van der Waals surface area contributed by atoms with Gasteiger partial charge >= 0.3 is 0 Å². The van der Waals surface area contributed by atoms with Crippen molar-refractivity contribution in [2.24, 2.45) is 0 Å². The van der Waals surface area contributed by atoms with Crippen LogP contribution >= 0.6 is 0 Å². The summed E-state index contributed by atoms with van der Waals surface area (Å²) in [6.07, 6.45) is 7.11. The van der Waals surface area contributed by atoms with Gasteiger partial charge in [0.2, 0.25) is 5.91 Å². The Morgan fingerprint density at radius 2 is 1.81 bits per heavy atom. The third-order valence-corrected chi connectivity index (χ3v) is 5.32. The Labute approximate surface area is 156 Å². The number of carbonyl (C=O) groups excluding carboxylic acids is 1. The van der Waals surface area contributed by atoms with Gasteiger partial charge in [-0.2, -0.15) is 0 Å². The van der Waals surface area contributed by atoms with Crippen molar-refractivity contribution in [3.8, 4) is 5.75 Å². The van der Waals surface area contributed by atoms with Crippen LogP contribution in [0.5, 0.6) is 5.75 Å². The standard InChI is InChI=1S/C23H29NO2/c1-3-22(20-12-11-18-6-4-5-7-19(18)16-20)24-23(25)15-10-17-8-13-21(26-2)14-9-17/h8-9,11-14,16,22H,3-7,10,15H2,1-2H3,(H,24,25). The molecule has 0 radical (unpaired) electrons. The Morgan fingerprint density at radius 3 is 2.50 bits per heavy atom. The maximum absolute atomic E-state index is 12.4. The van der Waals surface area contributed by atoms with E-state index in [0.717, 1.165) is 24.2 Å². The first-order chi connectivity index (χ1) is 12.7. The fraction of sp³-hybridized carbons (Fsp3) is 0.435. The predicted octanol–water partition coefficient (Wildman–Crippen LogP) is 4.77. The minimum absolute atomic E-state index is 0.102. The number of benzene rings is 2. The molecule has 1 unspecified atom stereocenters. The molecule has 3 heteroatoms. The number of methoxy groups -OCH3 is 1. The summed E-state index contributed by atoms with van der Waals surface area (Å²) in [7, 11) is 1.66. The second-order valence-corrected chi connectivity index (χ2v) is 7.11. The van der Waals surface area contributed by atoms with Gasteiger partial charge in [-0.1, -0.05) is 37.3 Å². The lowest BCUT2D eigenvalue weighted by atomic mass is 9.89. The van der Waals surface area contributed by atoms with Crippen molar-refractivity contribution in [2.45, 2.75) is 57.9 Å². The minimum atomic E-state index is 0.102. The van der Waals surface area contributed by atoms with Crippen molar-refractivity contribution in [3.63, 3.8) is 0 Å². The van der Waals surface area contributed by atoms with Crippen LogP contribution < -0.4 is 10.1 Å². The van der Waals surface area contributed by atoms with Gasteiger partial charge in [0.05, 0.1) is 13.2 Å². The van der Waals surface area contributed by atoms with E-state index in [0.29, 0.717) is 6.42 Å². The van der Waals surface area contributed by atoms with Gasteiger partial charge in [0.25, 0.3) is 0 Å². The maximum Gasteiger partial charge on any atom is 0.220 e. The molecule has 1 N–H and O–H groups in total. The molecule has 1 atom stereocenters. The molecule has 0 saturated carbocycles. The quantitative estimate of drug-likeness (QED) is 0.780. The van der Waals surface area contributed by atoms with Gasteiger partial charge in [-0.25, -0.2) is 0 Å². The number of aryl methyl sites for hydroxylation is 3. The lowest BCUT2D eigenvalue weighted by molar-refractivity contribution is -0.121. The van der Waals surface area contributed by atoms with Crippen molar-refractivity contribution in [2.75, 3.05) is 7.11 Å². The molecule has 0 spiro atoms. The first-order valence-corrected chi connectivity index (χ1v) is 9.73. The molecule has 3 rings (SSSR count). The zero-order valence-corrected chi connectivity index (χ0v) is 15.9. The fourth-order valence-electron chi connectivity index (χ4n) is 3.71. The Hall–Kier alpha value is -2.29. The van der Waals surface area contributed by atoms with Crippen molar-refractivity contribution in [1.82, 2.24) is 5.32 Å². The second-order valence-electron chi connectivity index (χ2n) is 7.11. The van der Waals surface area contributed by atoms with Gasteiger partial charge in [0, 0.05) is 6.42 Å². The van der Waals surface area contributed by atoms with Crippen molar-refractivity contribution >= 4 is 5.91 Å². The molecule has 0 aromatic heterocycles. The van der Waals surface area contributed by atoms with Crippen LogP contribution in [0.1, 0.15) is 60.9 Å². The van der Waals surface area contributed by atoms with E-state index in [1.54, 1.807) is 7.11 Å². The number of amides is 1. The van der Waals surface area contributed by atoms with Crippen LogP contribution in [0, 0.1) is 0 Å². The molecule has 0 fully saturated rings. The predicted molar refractivity (Wildman–Crippen MR) is 106 cm³/mol. The number of hydrogen-bond donors (Lipinski definition) is 1. The largest absolute Gasteiger partial charge is 0.497 e. The summed E-state index contributed by atoms with van der Waals surface area (Å²) in [5.41, 5.74) is 5.36. The van der Waals surface area contributed by atoms with Crippen LogP contribution in [0.15, 0.2) is 42.5 Å². The van der Waals surface area contributed by atoms with Crippen LogP contribution in [-0.2, 0) is 24.1 Å². The highest BCUT2D eigenvalue weighted by Gasteiger charge is 2.16. The Morgan fingerprint density at radius 1 is 1.08 bits per heavy atom. The summed E-state index contributed by atoms with van der Waals surface area (Å²) in [6, 6.07) is 14.8. The molecule has 0 saturated heterocycles. The monoisotopic (exact) mass is 351 g/mol. The number of carbonyl (C=O) groups is 1. The van der Waals surface area contributed by atoms with Crippen LogP contribution in [0.25, 0.3) is 0 Å². The average molecular weight is 351 g/mol. The molecule has 3 nitrogen and oxygen atoms in total. The SMILES string of the molecule is CCC(NC(=O)CCc1ccc(OC)cc1)c1ccc2c(c1)CCCC2. The zero-order valence-electron chi connectivity index (χ0n) is 15.9. The van der Waals surface area contributed by atoms with Crippen LogP contribution in [-0.4, -0.2) is 13.0 Å². The molecule has 1 aliphatic rings. The normalized spacial score (nSPS) is 14.4. The summed E-state index contributed by atoms with van der Waals surface area (Å²) < 4.78 is 5.17. The topological polar surface area (TPSA) is 38.3 Å². The number of ether oxygens (including phenoxy) is 1. The van der Waals surface area contributed by atoms with E-state index in [9.17, 15) is 4.79 Å². The zero-order chi connectivity index (χ0) is 18.4. The second kappa shape index (κ2) is 8.88. The molecule has 1 aliphatic carbocycles. The molecular formula is C23H29NO2. The summed E-state index contributed by atoms with van der Waals surface area (Å²) in [4.78, 5) is 12.4.